The first-order valence-corrected chi connectivity index (χ1v) is 6.00. The van der Waals surface area contributed by atoms with Crippen LogP contribution in [0.25, 0.3) is 0 Å². The second-order valence-corrected chi connectivity index (χ2v) is 5.10. The van der Waals surface area contributed by atoms with Gasteiger partial charge in [0.1, 0.15) is 0 Å². The molecule has 2 amide bonds. The van der Waals surface area contributed by atoms with E-state index in [-0.39, 0.29) is 12.3 Å². The zero-order valence-corrected chi connectivity index (χ0v) is 11.7. The van der Waals surface area contributed by atoms with Crippen molar-refractivity contribution in [3.8, 4) is 0 Å². The SMILES string of the molecule is CNc1cc(C)ncc1C(=O)NC(C)(C)CC(N)=O. The van der Waals surface area contributed by atoms with E-state index in [1.807, 2.05) is 6.92 Å². The molecule has 6 nitrogen and oxygen atoms in total. The molecule has 1 rings (SSSR count). The molecular weight excluding hydrogens is 244 g/mol. The van der Waals surface area contributed by atoms with Crippen molar-refractivity contribution in [2.75, 3.05) is 12.4 Å². The molecule has 0 bridgehead atoms. The minimum absolute atomic E-state index is 0.0763. The third-order valence-electron chi connectivity index (χ3n) is 2.62. The lowest BCUT2D eigenvalue weighted by molar-refractivity contribution is -0.119. The highest BCUT2D eigenvalue weighted by atomic mass is 16.2. The first kappa shape index (κ1) is 14.9. The van der Waals surface area contributed by atoms with E-state index in [2.05, 4.69) is 15.6 Å². The van der Waals surface area contributed by atoms with Crippen LogP contribution in [0.2, 0.25) is 0 Å². The third-order valence-corrected chi connectivity index (χ3v) is 2.62. The standard InChI is InChI=1S/C13H20N4O2/c1-8-5-10(15-4)9(7-16-8)12(19)17-13(2,3)6-11(14)18/h5,7H,6H2,1-4H3,(H2,14,18)(H,15,16)(H,17,19). The van der Waals surface area contributed by atoms with Gasteiger partial charge in [-0.3, -0.25) is 14.6 Å². The van der Waals surface area contributed by atoms with Crippen LogP contribution in [-0.2, 0) is 4.79 Å². The normalized spacial score (nSPS) is 10.9. The average Bonchev–Trinajstić information content (AvgIpc) is 2.25. The Hall–Kier alpha value is -2.11. The van der Waals surface area contributed by atoms with Gasteiger partial charge in [-0.15, -0.1) is 0 Å². The lowest BCUT2D eigenvalue weighted by Crippen LogP contribution is -2.46. The summed E-state index contributed by atoms with van der Waals surface area (Å²) in [5.74, 6) is -0.746. The summed E-state index contributed by atoms with van der Waals surface area (Å²) in [5.41, 5.74) is 6.41. The van der Waals surface area contributed by atoms with Gasteiger partial charge < -0.3 is 16.4 Å². The first-order chi connectivity index (χ1) is 8.75. The first-order valence-electron chi connectivity index (χ1n) is 6.00. The molecule has 1 aromatic rings. The Morgan fingerprint density at radius 3 is 2.58 bits per heavy atom. The van der Waals surface area contributed by atoms with E-state index in [0.717, 1.165) is 5.69 Å². The quantitative estimate of drug-likeness (QED) is 0.733. The fourth-order valence-corrected chi connectivity index (χ4v) is 1.80. The zero-order chi connectivity index (χ0) is 14.6. The van der Waals surface area contributed by atoms with Gasteiger partial charge in [-0.1, -0.05) is 0 Å². The van der Waals surface area contributed by atoms with Crippen LogP contribution < -0.4 is 16.4 Å². The maximum Gasteiger partial charge on any atom is 0.255 e. The minimum atomic E-state index is -0.696. The van der Waals surface area contributed by atoms with Gasteiger partial charge in [-0.2, -0.15) is 0 Å². The van der Waals surface area contributed by atoms with Gasteiger partial charge in [0.15, 0.2) is 0 Å². The predicted molar refractivity (Wildman–Crippen MR) is 73.9 cm³/mol. The van der Waals surface area contributed by atoms with Crippen LogP contribution in [0.1, 0.15) is 36.3 Å². The van der Waals surface area contributed by atoms with Gasteiger partial charge >= 0.3 is 0 Å². The number of carbonyl (C=O) groups excluding carboxylic acids is 2. The Morgan fingerprint density at radius 1 is 1.42 bits per heavy atom. The number of pyridine rings is 1. The zero-order valence-electron chi connectivity index (χ0n) is 11.7. The number of amides is 2. The maximum atomic E-state index is 12.2. The van der Waals surface area contributed by atoms with Gasteiger partial charge in [0.2, 0.25) is 5.91 Å². The number of anilines is 1. The van der Waals surface area contributed by atoms with Crippen LogP contribution in [0.3, 0.4) is 0 Å². The van der Waals surface area contributed by atoms with E-state index in [4.69, 9.17) is 5.73 Å². The highest BCUT2D eigenvalue weighted by Crippen LogP contribution is 2.17. The molecule has 6 heteroatoms. The lowest BCUT2D eigenvalue weighted by atomic mass is 9.99. The molecule has 1 aromatic heterocycles. The molecule has 19 heavy (non-hydrogen) atoms. The van der Waals surface area contributed by atoms with Crippen molar-refractivity contribution >= 4 is 17.5 Å². The molecule has 0 aromatic carbocycles. The Morgan fingerprint density at radius 2 is 2.05 bits per heavy atom. The van der Waals surface area contributed by atoms with Crippen molar-refractivity contribution in [2.24, 2.45) is 5.73 Å². The lowest BCUT2D eigenvalue weighted by Gasteiger charge is -2.25. The number of nitrogens with one attached hydrogen (secondary N) is 2. The smallest absolute Gasteiger partial charge is 0.255 e. The number of primary amides is 1. The Kier molecular flexibility index (Phi) is 4.47. The van der Waals surface area contributed by atoms with Crippen LogP contribution >= 0.6 is 0 Å². The summed E-state index contributed by atoms with van der Waals surface area (Å²) in [6.07, 6.45) is 1.59. The van der Waals surface area contributed by atoms with Crippen LogP contribution in [0.5, 0.6) is 0 Å². The van der Waals surface area contributed by atoms with Gasteiger partial charge in [-0.25, -0.2) is 0 Å². The molecule has 0 fully saturated rings. The van der Waals surface area contributed by atoms with Crippen molar-refractivity contribution in [3.05, 3.63) is 23.5 Å². The summed E-state index contributed by atoms with van der Waals surface area (Å²) in [5, 5.41) is 5.73. The molecule has 104 valence electrons. The fourth-order valence-electron chi connectivity index (χ4n) is 1.80. The second-order valence-electron chi connectivity index (χ2n) is 5.10. The Labute approximate surface area is 112 Å². The topological polar surface area (TPSA) is 97.1 Å². The number of hydrogen-bond donors (Lipinski definition) is 3. The van der Waals surface area contributed by atoms with Crippen LogP contribution in [0.15, 0.2) is 12.3 Å². The number of rotatable bonds is 5. The third kappa shape index (κ3) is 4.24. The maximum absolute atomic E-state index is 12.2. The van der Waals surface area contributed by atoms with Crippen molar-refractivity contribution in [1.82, 2.24) is 10.3 Å². The van der Waals surface area contributed by atoms with Crippen molar-refractivity contribution in [2.45, 2.75) is 32.7 Å². The van der Waals surface area contributed by atoms with E-state index >= 15 is 0 Å². The number of aryl methyl sites for hydroxylation is 1. The molecule has 0 atom stereocenters. The number of nitrogens with zero attached hydrogens (tertiary/aromatic N) is 1. The molecule has 0 unspecified atom stereocenters. The summed E-state index contributed by atoms with van der Waals surface area (Å²) in [7, 11) is 1.74. The highest BCUT2D eigenvalue weighted by molar-refractivity contribution is 6.00. The van der Waals surface area contributed by atoms with Crippen LogP contribution in [0.4, 0.5) is 5.69 Å². The Bertz CT molecular complexity index is 497. The van der Waals surface area contributed by atoms with Crippen molar-refractivity contribution in [1.29, 1.82) is 0 Å². The summed E-state index contributed by atoms with van der Waals surface area (Å²) in [4.78, 5) is 27.2. The largest absolute Gasteiger partial charge is 0.387 e. The number of nitrogens with two attached hydrogens (primary N) is 1. The molecule has 0 saturated heterocycles. The molecule has 0 radical (unpaired) electrons. The molecule has 0 saturated carbocycles. The number of carbonyl (C=O) groups is 2. The van der Waals surface area contributed by atoms with Crippen molar-refractivity contribution < 1.29 is 9.59 Å². The van der Waals surface area contributed by atoms with Crippen LogP contribution in [0, 0.1) is 6.92 Å². The van der Waals surface area contributed by atoms with Gasteiger partial charge in [0.05, 0.1) is 11.3 Å². The number of hydrogen-bond acceptors (Lipinski definition) is 4. The van der Waals surface area contributed by atoms with Crippen molar-refractivity contribution in [3.63, 3.8) is 0 Å². The van der Waals surface area contributed by atoms with E-state index < -0.39 is 11.4 Å². The summed E-state index contributed by atoms with van der Waals surface area (Å²) < 4.78 is 0. The van der Waals surface area contributed by atoms with Crippen LogP contribution in [-0.4, -0.2) is 29.4 Å². The van der Waals surface area contributed by atoms with Gasteiger partial charge in [0, 0.05) is 30.9 Å². The summed E-state index contributed by atoms with van der Waals surface area (Å²) in [6.45, 7) is 5.34. The molecule has 0 spiro atoms. The fraction of sp³-hybridized carbons (Fsp3) is 0.462. The highest BCUT2D eigenvalue weighted by Gasteiger charge is 2.24. The van der Waals surface area contributed by atoms with Gasteiger partial charge in [-0.05, 0) is 26.8 Å². The summed E-state index contributed by atoms with van der Waals surface area (Å²) in [6, 6.07) is 1.79. The molecule has 4 N–H and O–H groups in total. The van der Waals surface area contributed by atoms with E-state index in [1.165, 1.54) is 6.20 Å². The number of aromatic nitrogens is 1. The Balaban J connectivity index is 2.92. The predicted octanol–water partition coefficient (Wildman–Crippen LogP) is 0.816. The summed E-state index contributed by atoms with van der Waals surface area (Å²) >= 11 is 0. The second kappa shape index (κ2) is 5.69. The van der Waals surface area contributed by atoms with Gasteiger partial charge in [0.25, 0.3) is 5.91 Å². The molecule has 1 heterocycles. The molecule has 0 aliphatic rings. The van der Waals surface area contributed by atoms with E-state index in [0.29, 0.717) is 11.3 Å². The van der Waals surface area contributed by atoms with E-state index in [1.54, 1.807) is 27.0 Å². The average molecular weight is 264 g/mol. The molecular formula is C13H20N4O2. The minimum Gasteiger partial charge on any atom is -0.387 e. The molecule has 0 aliphatic heterocycles. The van der Waals surface area contributed by atoms with E-state index in [9.17, 15) is 9.59 Å². The monoisotopic (exact) mass is 264 g/mol. The molecule has 0 aliphatic carbocycles.